The van der Waals surface area contributed by atoms with E-state index in [9.17, 15) is 5.11 Å². The third-order valence-electron chi connectivity index (χ3n) is 17.2. The number of nitrogens with zero attached hydrogens (tertiary/aromatic N) is 5. The summed E-state index contributed by atoms with van der Waals surface area (Å²) >= 11 is 0. The average molecular weight is 956 g/mol. The number of aromatic nitrogens is 5. The van der Waals surface area contributed by atoms with Crippen molar-refractivity contribution >= 4 is 175 Å². The van der Waals surface area contributed by atoms with Crippen molar-refractivity contribution in [2.75, 3.05) is 0 Å². The number of allylic oxidation sites excluding steroid dienone is 4. The number of phenolic OH excluding ortho intramolecular Hbond substituents is 1. The van der Waals surface area contributed by atoms with Gasteiger partial charge in [-0.3, -0.25) is 4.57 Å². The van der Waals surface area contributed by atoms with Crippen molar-refractivity contribution in [3.05, 3.63) is 181 Å². The molecule has 0 saturated heterocycles. The second-order valence-electron chi connectivity index (χ2n) is 21.2. The first kappa shape index (κ1) is 47.9. The molecule has 1 aliphatic rings. The van der Waals surface area contributed by atoms with Crippen molar-refractivity contribution in [2.45, 2.75) is 19.3 Å². The van der Waals surface area contributed by atoms with Crippen molar-refractivity contribution < 1.29 is 5.11 Å². The molecule has 0 fully saturated rings. The number of para-hydroxylation sites is 2. The smallest absolute Gasteiger partial charge is 0.238 e. The van der Waals surface area contributed by atoms with Gasteiger partial charge in [-0.1, -0.05) is 175 Å². The molecule has 12 rings (SSSR count). The lowest BCUT2D eigenvalue weighted by Gasteiger charge is -2.28. The Kier molecular flexibility index (Phi) is 11.4. The molecule has 0 aliphatic heterocycles. The molecular formula is C60H52B9N5O. The number of aromatic hydroxyl groups is 1. The molecule has 0 spiro atoms. The first-order chi connectivity index (χ1) is 36.1. The van der Waals surface area contributed by atoms with Crippen LogP contribution in [-0.4, -0.2) is 99.8 Å². The quantitative estimate of drug-likeness (QED) is 0.156. The lowest BCUT2D eigenvalue weighted by Crippen LogP contribution is -2.56. The maximum atomic E-state index is 12.8. The molecule has 8 aromatic carbocycles. The van der Waals surface area contributed by atoms with Crippen molar-refractivity contribution in [2.24, 2.45) is 0 Å². The van der Waals surface area contributed by atoms with Crippen LogP contribution in [-0.2, 0) is 5.41 Å². The van der Waals surface area contributed by atoms with E-state index >= 15 is 0 Å². The van der Waals surface area contributed by atoms with Gasteiger partial charge in [0.1, 0.15) is 76.4 Å². The van der Waals surface area contributed by atoms with E-state index in [-0.39, 0.29) is 11.2 Å². The van der Waals surface area contributed by atoms with Gasteiger partial charge in [0.2, 0.25) is 5.95 Å². The summed E-state index contributed by atoms with van der Waals surface area (Å²) in [5, 5.41) is 17.1. The van der Waals surface area contributed by atoms with Gasteiger partial charge >= 0.3 is 0 Å². The summed E-state index contributed by atoms with van der Waals surface area (Å²) in [5.74, 6) is 1.97. The average Bonchev–Trinajstić information content (AvgIpc) is 4.04. The molecule has 0 atom stereocenters. The van der Waals surface area contributed by atoms with Crippen LogP contribution in [0.5, 0.6) is 5.75 Å². The molecule has 3 aromatic heterocycles. The molecule has 350 valence electrons. The van der Waals surface area contributed by atoms with Crippen LogP contribution in [0.25, 0.3) is 94.7 Å². The van der Waals surface area contributed by atoms with E-state index in [0.29, 0.717) is 17.6 Å². The number of fused-ring (bicyclic) bond motifs is 10. The predicted molar refractivity (Wildman–Crippen MR) is 345 cm³/mol. The fraction of sp³-hybridized carbons (Fsp3) is 0.0500. The number of hydrogen-bond donors (Lipinski definition) is 1. The van der Waals surface area contributed by atoms with E-state index in [1.165, 1.54) is 49.6 Å². The molecule has 6 nitrogen and oxygen atoms in total. The van der Waals surface area contributed by atoms with Gasteiger partial charge in [0.25, 0.3) is 0 Å². The summed E-state index contributed by atoms with van der Waals surface area (Å²) in [5.41, 5.74) is 24.7. The molecular weight excluding hydrogens is 904 g/mol. The van der Waals surface area contributed by atoms with Crippen LogP contribution in [0.2, 0.25) is 0 Å². The van der Waals surface area contributed by atoms with Crippen LogP contribution in [0.4, 0.5) is 0 Å². The minimum atomic E-state index is -0.145. The lowest BCUT2D eigenvalue weighted by molar-refractivity contribution is 0.479. The van der Waals surface area contributed by atoms with Gasteiger partial charge < -0.3 is 9.67 Å². The molecule has 0 bridgehead atoms. The molecule has 1 aliphatic carbocycles. The number of benzene rings is 8. The number of phenols is 1. The van der Waals surface area contributed by atoms with Gasteiger partial charge in [-0.15, -0.1) is 21.9 Å². The Balaban J connectivity index is 1.27. The molecule has 0 unspecified atom stereocenters. The normalized spacial score (nSPS) is 13.3. The molecule has 3 heterocycles. The minimum absolute atomic E-state index is 0.145. The Hall–Kier alpha value is -8.03. The van der Waals surface area contributed by atoms with E-state index < -0.39 is 0 Å². The molecule has 75 heavy (non-hydrogen) atoms. The first-order valence-corrected chi connectivity index (χ1v) is 26.1. The van der Waals surface area contributed by atoms with Gasteiger partial charge in [0, 0.05) is 49.2 Å². The highest BCUT2D eigenvalue weighted by Crippen LogP contribution is 2.50. The number of hydrogen-bond acceptors (Lipinski definition) is 4. The van der Waals surface area contributed by atoms with Crippen molar-refractivity contribution in [3.63, 3.8) is 0 Å². The van der Waals surface area contributed by atoms with Gasteiger partial charge in [0.05, 0.1) is 27.8 Å². The summed E-state index contributed by atoms with van der Waals surface area (Å²) in [7, 11) is 19.7. The second-order valence-corrected chi connectivity index (χ2v) is 21.2. The molecule has 1 N–H and O–H groups in total. The van der Waals surface area contributed by atoms with E-state index in [4.69, 9.17) is 15.0 Å². The summed E-state index contributed by atoms with van der Waals surface area (Å²) in [4.78, 5) is 16.4. The van der Waals surface area contributed by atoms with Gasteiger partial charge in [-0.25, -0.2) is 4.98 Å². The van der Waals surface area contributed by atoms with Crippen LogP contribution in [0.1, 0.15) is 36.1 Å². The van der Waals surface area contributed by atoms with Crippen molar-refractivity contribution in [3.8, 4) is 45.6 Å². The molecule has 11 aromatic rings. The summed E-state index contributed by atoms with van der Waals surface area (Å²) in [6.07, 6.45) is 6.07. The van der Waals surface area contributed by atoms with Crippen molar-refractivity contribution in [1.82, 2.24) is 24.1 Å². The third kappa shape index (κ3) is 7.10. The topological polar surface area (TPSA) is 68.8 Å². The molecule has 15 heteroatoms. The highest BCUT2D eigenvalue weighted by molar-refractivity contribution is 6.69. The zero-order valence-electron chi connectivity index (χ0n) is 44.8. The van der Waals surface area contributed by atoms with Crippen LogP contribution in [0.3, 0.4) is 0 Å². The highest BCUT2D eigenvalue weighted by Gasteiger charge is 2.36. The van der Waals surface area contributed by atoms with Crippen LogP contribution in [0, 0.1) is 0 Å². The highest BCUT2D eigenvalue weighted by atomic mass is 16.3. The van der Waals surface area contributed by atoms with E-state index in [0.717, 1.165) is 99.0 Å². The maximum absolute atomic E-state index is 12.8. The maximum Gasteiger partial charge on any atom is 0.238 e. The summed E-state index contributed by atoms with van der Waals surface area (Å²) < 4.78 is 4.70. The SMILES string of the molecule is Bc1c(B)c(B)c(/C(=C(/C=C\C=C)n2c3ccccc3c3ccc4c5ccccc5n(-c5nc(-c6ccccc6)nc(-c6ccc7c(c6)-c6ccccc6C7(C)C)n5)c4c32)c2c(B)c(B)c(B)c(B)c2O)c(B)c1B. The third-order valence-corrected chi connectivity index (χ3v) is 17.2. The van der Waals surface area contributed by atoms with Crippen LogP contribution in [0.15, 0.2) is 158 Å². The zero-order chi connectivity index (χ0) is 52.4. The predicted octanol–water partition coefficient (Wildman–Crippen LogP) is -1.09. The molecule has 0 saturated carbocycles. The minimum Gasteiger partial charge on any atom is -0.508 e. The van der Waals surface area contributed by atoms with Gasteiger partial charge in [-0.05, 0) is 52.1 Å². The van der Waals surface area contributed by atoms with Crippen molar-refractivity contribution in [1.29, 1.82) is 0 Å². The molecule has 0 radical (unpaired) electrons. The summed E-state index contributed by atoms with van der Waals surface area (Å²) in [6.45, 7) is 8.85. The Morgan fingerprint density at radius 1 is 0.507 bits per heavy atom. The van der Waals surface area contributed by atoms with Crippen LogP contribution >= 0.6 is 0 Å². The number of rotatable bonds is 8. The Bertz CT molecular complexity index is 4240. The first-order valence-electron chi connectivity index (χ1n) is 26.1. The fourth-order valence-electron chi connectivity index (χ4n) is 12.4. The largest absolute Gasteiger partial charge is 0.508 e. The Labute approximate surface area is 446 Å². The fourth-order valence-corrected chi connectivity index (χ4v) is 12.4. The van der Waals surface area contributed by atoms with Crippen LogP contribution < -0.4 is 49.2 Å². The van der Waals surface area contributed by atoms with Gasteiger partial charge in [-0.2, -0.15) is 9.97 Å². The Morgan fingerprint density at radius 3 is 1.72 bits per heavy atom. The molecule has 0 amide bonds. The second kappa shape index (κ2) is 17.8. The lowest BCUT2D eigenvalue weighted by atomic mass is 9.58. The summed E-state index contributed by atoms with van der Waals surface area (Å²) in [6, 6.07) is 47.5. The van der Waals surface area contributed by atoms with E-state index in [2.05, 4.69) is 214 Å². The van der Waals surface area contributed by atoms with E-state index in [1.54, 1.807) is 0 Å². The zero-order valence-corrected chi connectivity index (χ0v) is 44.8. The monoisotopic (exact) mass is 958 g/mol. The standard InChI is InChI=1S/C60H52B9N5O/c1-4-5-21-41(42(43-45(61)48(64)51(67)49(65)46(43)62)44-47(63)50(66)52(68)53(69)56(44)75)73-39-22-13-10-18-32(39)34-25-26-35-33-19-11-14-23-40(33)74(55(35)54(34)73)59-71-57(29-15-7-6-8-16-29)70-58(72-59)30-24-27-38-36(28-30)31-17-9-12-20-37(31)60(38,2)3/h4-28,75H,1,61-69H2,2-3H3/b21-5-,42-41+. The van der Waals surface area contributed by atoms with E-state index in [1.807, 2.05) is 38.2 Å². The Morgan fingerprint density at radius 2 is 1.04 bits per heavy atom. The van der Waals surface area contributed by atoms with Gasteiger partial charge in [0.15, 0.2) is 11.6 Å².